The Morgan fingerprint density at radius 3 is 2.38 bits per heavy atom. The maximum Gasteiger partial charge on any atom is 0.330 e. The fraction of sp³-hybridized carbons (Fsp3) is 0.794. The lowest BCUT2D eigenvalue weighted by atomic mass is 9.74. The van der Waals surface area contributed by atoms with Crippen molar-refractivity contribution in [2.45, 2.75) is 142 Å². The van der Waals surface area contributed by atoms with Gasteiger partial charge in [-0.3, -0.25) is 9.59 Å². The predicted octanol–water partition coefficient (Wildman–Crippen LogP) is 2.87. The zero-order valence-electron chi connectivity index (χ0n) is 28.9. The van der Waals surface area contributed by atoms with Gasteiger partial charge in [0.2, 0.25) is 5.79 Å². The van der Waals surface area contributed by atoms with Crippen molar-refractivity contribution in [1.82, 2.24) is 0 Å². The Bertz CT molecular complexity index is 1140. The first-order valence-electron chi connectivity index (χ1n) is 16.3. The summed E-state index contributed by atoms with van der Waals surface area (Å²) in [6, 6.07) is 0. The van der Waals surface area contributed by atoms with Gasteiger partial charge in [-0.2, -0.15) is 0 Å². The standard InChI is InChI=1S/C34H54O13/c1-20(35)26-18-25-15-22(16-28(38)41-8)31(44-21(2)36)34(40,47-25)33(6,7)12-9-30-43-14-11-24(45-30)19-27(32(3,4)5)42-13-10-23(37)17-29(39)46-26/h9,12,16,20,23-27,30-31,35,37,40H,10-11,13-15,17-19H2,1-8H3/b12-9+,22-16+/t20-,23-,24+,25+,26-,27+,30+,31+,34-/m1/s1. The third-order valence-corrected chi connectivity index (χ3v) is 8.86. The number of aliphatic hydroxyl groups is 3. The van der Waals surface area contributed by atoms with Crippen LogP contribution < -0.4 is 0 Å². The smallest absolute Gasteiger partial charge is 0.330 e. The molecule has 2 fully saturated rings. The normalized spacial score (nSPS) is 36.8. The predicted molar refractivity (Wildman–Crippen MR) is 167 cm³/mol. The van der Waals surface area contributed by atoms with Crippen LogP contribution in [0, 0.1) is 10.8 Å². The van der Waals surface area contributed by atoms with Crippen molar-refractivity contribution in [3.05, 3.63) is 23.8 Å². The summed E-state index contributed by atoms with van der Waals surface area (Å²) >= 11 is 0. The molecule has 2 saturated heterocycles. The van der Waals surface area contributed by atoms with Crippen molar-refractivity contribution in [3.8, 4) is 0 Å². The van der Waals surface area contributed by atoms with Crippen LogP contribution in [0.4, 0.5) is 0 Å². The number of fused-ring (bicyclic) bond motifs is 4. The van der Waals surface area contributed by atoms with Crippen molar-refractivity contribution in [2.24, 2.45) is 10.8 Å². The molecule has 13 heteroatoms. The number of cyclic esters (lactones) is 1. The Hall–Kier alpha value is -2.39. The highest BCUT2D eigenvalue weighted by Gasteiger charge is 2.57. The lowest BCUT2D eigenvalue weighted by molar-refractivity contribution is -0.327. The Balaban J connectivity index is 2.08. The molecule has 3 aliphatic heterocycles. The second-order valence-electron chi connectivity index (χ2n) is 14.4. The number of methoxy groups -OCH3 is 1. The van der Waals surface area contributed by atoms with E-state index in [4.69, 9.17) is 33.2 Å². The SMILES string of the molecule is COC(=O)/C=C1\C[C@H]2C[C@H]([C@@H](C)O)OC(=O)C[C@H](O)CCO[C@H](C(C)(C)C)C[C@@H]3CCO[C@H](/C=C/C(C)(C)[C@](O)(O2)[C@H]1OC(C)=O)O3. The minimum Gasteiger partial charge on any atom is -0.466 e. The molecular formula is C34H54O13. The highest BCUT2D eigenvalue weighted by Crippen LogP contribution is 2.47. The van der Waals surface area contributed by atoms with Gasteiger partial charge in [-0.1, -0.05) is 40.7 Å². The molecule has 3 heterocycles. The fourth-order valence-corrected chi connectivity index (χ4v) is 5.96. The number of aliphatic hydroxyl groups excluding tert-OH is 2. The van der Waals surface area contributed by atoms with Crippen molar-refractivity contribution < 1.29 is 62.9 Å². The van der Waals surface area contributed by atoms with Crippen LogP contribution in [0.3, 0.4) is 0 Å². The summed E-state index contributed by atoms with van der Waals surface area (Å²) < 4.78 is 40.7. The van der Waals surface area contributed by atoms with Gasteiger partial charge in [-0.05, 0) is 43.3 Å². The van der Waals surface area contributed by atoms with E-state index in [9.17, 15) is 29.7 Å². The zero-order valence-corrected chi connectivity index (χ0v) is 28.9. The minimum absolute atomic E-state index is 0.0264. The Labute approximate surface area is 277 Å². The summed E-state index contributed by atoms with van der Waals surface area (Å²) in [6.07, 6.45) is -1.48. The average molecular weight is 671 g/mol. The van der Waals surface area contributed by atoms with Crippen LogP contribution in [-0.4, -0.2) is 108 Å². The van der Waals surface area contributed by atoms with Crippen LogP contribution in [-0.2, 0) is 47.5 Å². The quantitative estimate of drug-likeness (QED) is 0.173. The van der Waals surface area contributed by atoms with Gasteiger partial charge < -0.3 is 48.5 Å². The van der Waals surface area contributed by atoms with E-state index < -0.39 is 65.9 Å². The van der Waals surface area contributed by atoms with Crippen LogP contribution in [0.1, 0.15) is 87.0 Å². The molecule has 3 rings (SSSR count). The number of hydrogen-bond acceptors (Lipinski definition) is 13. The summed E-state index contributed by atoms with van der Waals surface area (Å²) in [5, 5.41) is 33.6. The lowest BCUT2D eigenvalue weighted by Gasteiger charge is -2.51. The molecule has 0 radical (unpaired) electrons. The molecule has 0 saturated carbocycles. The van der Waals surface area contributed by atoms with Gasteiger partial charge in [-0.25, -0.2) is 4.79 Å². The molecule has 9 atom stereocenters. The van der Waals surface area contributed by atoms with Crippen LogP contribution >= 0.6 is 0 Å². The van der Waals surface area contributed by atoms with E-state index in [1.165, 1.54) is 21.0 Å². The number of carbonyl (C=O) groups is 3. The average Bonchev–Trinajstić information content (AvgIpc) is 2.96. The van der Waals surface area contributed by atoms with E-state index in [1.807, 2.05) is 0 Å². The molecule has 0 unspecified atom stereocenters. The molecule has 3 N–H and O–H groups in total. The largest absolute Gasteiger partial charge is 0.466 e. The fourth-order valence-electron chi connectivity index (χ4n) is 5.96. The summed E-state index contributed by atoms with van der Waals surface area (Å²) in [6.45, 7) is 12.8. The summed E-state index contributed by atoms with van der Waals surface area (Å²) in [7, 11) is 1.19. The first kappa shape index (κ1) is 39.1. The van der Waals surface area contributed by atoms with E-state index in [-0.39, 0.29) is 55.5 Å². The molecule has 268 valence electrons. The molecule has 0 spiro atoms. The van der Waals surface area contributed by atoms with E-state index in [0.29, 0.717) is 19.4 Å². The van der Waals surface area contributed by atoms with E-state index in [0.717, 1.165) is 6.08 Å². The van der Waals surface area contributed by atoms with Crippen LogP contribution in [0.25, 0.3) is 0 Å². The number of hydrogen-bond donors (Lipinski definition) is 3. The molecule has 0 aromatic rings. The Kier molecular flexibility index (Phi) is 13.6. The maximum atomic E-state index is 12.9. The van der Waals surface area contributed by atoms with E-state index in [1.54, 1.807) is 26.0 Å². The maximum absolute atomic E-state index is 12.9. The van der Waals surface area contributed by atoms with Gasteiger partial charge in [0, 0.05) is 37.9 Å². The van der Waals surface area contributed by atoms with Crippen molar-refractivity contribution in [2.75, 3.05) is 20.3 Å². The van der Waals surface area contributed by atoms with Gasteiger partial charge in [-0.15, -0.1) is 0 Å². The molecule has 0 aliphatic carbocycles. The van der Waals surface area contributed by atoms with Crippen LogP contribution in [0.15, 0.2) is 23.8 Å². The zero-order chi connectivity index (χ0) is 35.2. The molecule has 0 amide bonds. The Morgan fingerprint density at radius 2 is 1.77 bits per heavy atom. The van der Waals surface area contributed by atoms with Gasteiger partial charge in [0.05, 0.1) is 50.7 Å². The second kappa shape index (κ2) is 16.3. The first-order chi connectivity index (χ1) is 21.8. The van der Waals surface area contributed by atoms with Gasteiger partial charge in [0.15, 0.2) is 12.4 Å². The monoisotopic (exact) mass is 670 g/mol. The summed E-state index contributed by atoms with van der Waals surface area (Å²) in [5.74, 6) is -4.46. The van der Waals surface area contributed by atoms with Gasteiger partial charge in [0.1, 0.15) is 6.10 Å². The van der Waals surface area contributed by atoms with Crippen molar-refractivity contribution in [1.29, 1.82) is 0 Å². The highest BCUT2D eigenvalue weighted by atomic mass is 16.7. The van der Waals surface area contributed by atoms with Crippen molar-refractivity contribution in [3.63, 3.8) is 0 Å². The number of ether oxygens (including phenoxy) is 7. The lowest BCUT2D eigenvalue weighted by Crippen LogP contribution is -2.62. The van der Waals surface area contributed by atoms with Crippen LogP contribution in [0.5, 0.6) is 0 Å². The molecule has 3 aliphatic rings. The molecule has 4 bridgehead atoms. The summed E-state index contributed by atoms with van der Waals surface area (Å²) in [5.41, 5.74) is -1.35. The third kappa shape index (κ3) is 10.8. The minimum atomic E-state index is -2.26. The molecular weight excluding hydrogens is 616 g/mol. The first-order valence-corrected chi connectivity index (χ1v) is 16.3. The molecule has 13 nitrogen and oxygen atoms in total. The van der Waals surface area contributed by atoms with Crippen molar-refractivity contribution >= 4 is 17.9 Å². The van der Waals surface area contributed by atoms with E-state index in [2.05, 4.69) is 20.8 Å². The molecule has 47 heavy (non-hydrogen) atoms. The Morgan fingerprint density at radius 1 is 1.09 bits per heavy atom. The third-order valence-electron chi connectivity index (χ3n) is 8.86. The number of rotatable bonds is 3. The molecule has 0 aromatic carbocycles. The topological polar surface area (TPSA) is 177 Å². The van der Waals surface area contributed by atoms with E-state index >= 15 is 0 Å². The van der Waals surface area contributed by atoms with Gasteiger partial charge >= 0.3 is 17.9 Å². The van der Waals surface area contributed by atoms with Crippen LogP contribution in [0.2, 0.25) is 0 Å². The second-order valence-corrected chi connectivity index (χ2v) is 14.4. The number of carbonyl (C=O) groups excluding carboxylic acids is 3. The molecule has 0 aromatic heterocycles. The summed E-state index contributed by atoms with van der Waals surface area (Å²) in [4.78, 5) is 37.6. The highest BCUT2D eigenvalue weighted by molar-refractivity contribution is 5.83. The van der Waals surface area contributed by atoms with Gasteiger partial charge in [0.25, 0.3) is 0 Å². The number of esters is 3.